The van der Waals surface area contributed by atoms with Crippen molar-refractivity contribution in [2.45, 2.75) is 117 Å². The number of carbonyl (C=O) groups is 3. The van der Waals surface area contributed by atoms with Gasteiger partial charge in [-0.2, -0.15) is 0 Å². The highest BCUT2D eigenvalue weighted by Crippen LogP contribution is 2.31. The molecule has 0 spiro atoms. The molecule has 218 valence electrons. The van der Waals surface area contributed by atoms with E-state index in [2.05, 4.69) is 10.6 Å². The van der Waals surface area contributed by atoms with Gasteiger partial charge in [0.1, 0.15) is 17.7 Å². The van der Waals surface area contributed by atoms with E-state index >= 15 is 0 Å². The number of alkyl carbamates (subject to hydrolysis) is 1. The van der Waals surface area contributed by atoms with E-state index in [-0.39, 0.29) is 30.3 Å². The van der Waals surface area contributed by atoms with Crippen molar-refractivity contribution in [1.82, 2.24) is 15.5 Å². The zero-order chi connectivity index (χ0) is 29.4. The molecule has 3 rings (SSSR count). The smallest absolute Gasteiger partial charge is 0.408 e. The molecule has 0 saturated heterocycles. The van der Waals surface area contributed by atoms with E-state index in [1.807, 2.05) is 76.2 Å². The Morgan fingerprint density at radius 1 is 0.925 bits per heavy atom. The number of ether oxygens (including phenoxy) is 1. The lowest BCUT2D eigenvalue weighted by Crippen LogP contribution is -2.56. The number of carbonyl (C=O) groups excluding carboxylic acids is 3. The first kappa shape index (κ1) is 31.2. The maximum atomic E-state index is 14.5. The second-order valence-electron chi connectivity index (χ2n) is 12.3. The fourth-order valence-electron chi connectivity index (χ4n) is 5.54. The van der Waals surface area contributed by atoms with Gasteiger partial charge >= 0.3 is 6.09 Å². The van der Waals surface area contributed by atoms with Crippen LogP contribution in [0, 0.1) is 13.8 Å². The van der Waals surface area contributed by atoms with Crippen molar-refractivity contribution in [3.63, 3.8) is 0 Å². The summed E-state index contributed by atoms with van der Waals surface area (Å²) in [6.45, 7) is 13.1. The number of hydrogen-bond acceptors (Lipinski definition) is 4. The zero-order valence-electron chi connectivity index (χ0n) is 25.3. The van der Waals surface area contributed by atoms with Crippen molar-refractivity contribution in [2.24, 2.45) is 0 Å². The number of hydrogen-bond donors (Lipinski definition) is 2. The predicted molar refractivity (Wildman–Crippen MR) is 159 cm³/mol. The van der Waals surface area contributed by atoms with Crippen LogP contribution in [-0.2, 0) is 20.7 Å². The quantitative estimate of drug-likeness (QED) is 0.392. The Labute approximate surface area is 240 Å². The molecule has 2 atom stereocenters. The SMILES string of the molecule is Cc1cccc(C)c1C(C(=O)NC1CCCCC1)N(C(=O)C(Cc1ccccc1)NC(=O)OC(C)(C)C)C(C)C. The first-order chi connectivity index (χ1) is 18.9. The fraction of sp³-hybridized carbons (Fsp3) is 0.545. The lowest BCUT2D eigenvalue weighted by atomic mass is 9.91. The third kappa shape index (κ3) is 8.57. The minimum Gasteiger partial charge on any atom is -0.444 e. The summed E-state index contributed by atoms with van der Waals surface area (Å²) in [6, 6.07) is 13.5. The maximum Gasteiger partial charge on any atom is 0.408 e. The molecule has 2 N–H and O–H groups in total. The van der Waals surface area contributed by atoms with Gasteiger partial charge in [-0.1, -0.05) is 67.8 Å². The normalized spacial score (nSPS) is 15.7. The topological polar surface area (TPSA) is 87.7 Å². The highest BCUT2D eigenvalue weighted by Gasteiger charge is 2.39. The lowest BCUT2D eigenvalue weighted by molar-refractivity contribution is -0.145. The van der Waals surface area contributed by atoms with Gasteiger partial charge in [0, 0.05) is 18.5 Å². The molecule has 0 bridgehead atoms. The van der Waals surface area contributed by atoms with Crippen LogP contribution >= 0.6 is 0 Å². The molecule has 0 radical (unpaired) electrons. The molecule has 1 fully saturated rings. The summed E-state index contributed by atoms with van der Waals surface area (Å²) >= 11 is 0. The first-order valence-electron chi connectivity index (χ1n) is 14.6. The molecular weight excluding hydrogens is 502 g/mol. The van der Waals surface area contributed by atoms with E-state index in [0.29, 0.717) is 0 Å². The Morgan fingerprint density at radius 2 is 1.52 bits per heavy atom. The molecule has 0 aliphatic heterocycles. The van der Waals surface area contributed by atoms with Crippen LogP contribution in [0.4, 0.5) is 4.79 Å². The third-order valence-electron chi connectivity index (χ3n) is 7.38. The van der Waals surface area contributed by atoms with Gasteiger partial charge in [-0.15, -0.1) is 0 Å². The van der Waals surface area contributed by atoms with Crippen molar-refractivity contribution >= 4 is 17.9 Å². The summed E-state index contributed by atoms with van der Waals surface area (Å²) in [5, 5.41) is 6.11. The Bertz CT molecular complexity index is 1130. The summed E-state index contributed by atoms with van der Waals surface area (Å²) in [5.74, 6) is -0.502. The van der Waals surface area contributed by atoms with Gasteiger partial charge in [0.25, 0.3) is 0 Å². The van der Waals surface area contributed by atoms with Crippen molar-refractivity contribution in [1.29, 1.82) is 0 Å². The maximum absolute atomic E-state index is 14.5. The van der Waals surface area contributed by atoms with Crippen LogP contribution in [-0.4, -0.2) is 46.5 Å². The molecule has 40 heavy (non-hydrogen) atoms. The standard InChI is InChI=1S/C33H47N3O4/c1-22(2)36(31(38)27(21-25-17-10-8-11-18-25)35-32(39)40-33(5,6)7)29(28-23(3)15-14-16-24(28)4)30(37)34-26-19-12-9-13-20-26/h8,10-11,14-18,22,26-27,29H,9,12-13,19-21H2,1-7H3,(H,34,37)(H,35,39). The average molecular weight is 550 g/mol. The first-order valence-corrected chi connectivity index (χ1v) is 14.6. The summed E-state index contributed by atoms with van der Waals surface area (Å²) < 4.78 is 5.53. The van der Waals surface area contributed by atoms with E-state index in [0.717, 1.165) is 47.9 Å². The highest BCUT2D eigenvalue weighted by molar-refractivity contribution is 5.93. The molecule has 1 aliphatic rings. The molecule has 1 saturated carbocycles. The van der Waals surface area contributed by atoms with Crippen molar-refractivity contribution in [3.8, 4) is 0 Å². The van der Waals surface area contributed by atoms with Gasteiger partial charge in [-0.25, -0.2) is 4.79 Å². The average Bonchev–Trinajstić information content (AvgIpc) is 2.87. The second-order valence-corrected chi connectivity index (χ2v) is 12.3. The summed E-state index contributed by atoms with van der Waals surface area (Å²) in [4.78, 5) is 43.2. The number of nitrogens with zero attached hydrogens (tertiary/aromatic N) is 1. The van der Waals surface area contributed by atoms with E-state index in [1.54, 1.807) is 25.7 Å². The van der Waals surface area contributed by atoms with Crippen LogP contribution in [0.2, 0.25) is 0 Å². The van der Waals surface area contributed by atoms with Gasteiger partial charge in [-0.05, 0) is 83.6 Å². The molecule has 2 aromatic rings. The van der Waals surface area contributed by atoms with Gasteiger partial charge < -0.3 is 20.3 Å². The predicted octanol–water partition coefficient (Wildman–Crippen LogP) is 6.17. The molecule has 1 aliphatic carbocycles. The zero-order valence-corrected chi connectivity index (χ0v) is 25.3. The van der Waals surface area contributed by atoms with Crippen molar-refractivity contribution in [3.05, 3.63) is 70.8 Å². The minimum atomic E-state index is -0.922. The minimum absolute atomic E-state index is 0.0946. The molecule has 0 heterocycles. The Hall–Kier alpha value is -3.35. The van der Waals surface area contributed by atoms with Crippen LogP contribution in [0.15, 0.2) is 48.5 Å². The Balaban J connectivity index is 2.04. The van der Waals surface area contributed by atoms with Gasteiger partial charge in [0.05, 0.1) is 0 Å². The van der Waals surface area contributed by atoms with E-state index in [4.69, 9.17) is 4.74 Å². The lowest BCUT2D eigenvalue weighted by Gasteiger charge is -2.39. The molecule has 0 aromatic heterocycles. The number of benzene rings is 2. The molecule has 7 nitrogen and oxygen atoms in total. The van der Waals surface area contributed by atoms with Gasteiger partial charge in [0.2, 0.25) is 11.8 Å². The molecular formula is C33H47N3O4. The number of aryl methyl sites for hydroxylation is 2. The molecule has 3 amide bonds. The second kappa shape index (κ2) is 13.8. The molecule has 7 heteroatoms. The van der Waals surface area contributed by atoms with Gasteiger partial charge in [-0.3, -0.25) is 9.59 Å². The summed E-state index contributed by atoms with van der Waals surface area (Å²) in [5.41, 5.74) is 2.90. The summed E-state index contributed by atoms with van der Waals surface area (Å²) in [7, 11) is 0. The van der Waals surface area contributed by atoms with Crippen LogP contribution in [0.5, 0.6) is 0 Å². The highest BCUT2D eigenvalue weighted by atomic mass is 16.6. The largest absolute Gasteiger partial charge is 0.444 e. The number of amides is 3. The molecule has 2 unspecified atom stereocenters. The number of rotatable bonds is 9. The van der Waals surface area contributed by atoms with Crippen molar-refractivity contribution in [2.75, 3.05) is 0 Å². The van der Waals surface area contributed by atoms with Crippen LogP contribution in [0.1, 0.15) is 95.0 Å². The Morgan fingerprint density at radius 3 is 2.08 bits per heavy atom. The van der Waals surface area contributed by atoms with E-state index in [9.17, 15) is 14.4 Å². The van der Waals surface area contributed by atoms with E-state index < -0.39 is 23.8 Å². The van der Waals surface area contributed by atoms with Crippen molar-refractivity contribution < 1.29 is 19.1 Å². The third-order valence-corrected chi connectivity index (χ3v) is 7.38. The van der Waals surface area contributed by atoms with Crippen LogP contribution in [0.3, 0.4) is 0 Å². The fourth-order valence-corrected chi connectivity index (χ4v) is 5.54. The Kier molecular flexibility index (Phi) is 10.8. The van der Waals surface area contributed by atoms with Gasteiger partial charge in [0.15, 0.2) is 0 Å². The number of nitrogens with one attached hydrogen (secondary N) is 2. The van der Waals surface area contributed by atoms with Crippen LogP contribution < -0.4 is 10.6 Å². The summed E-state index contributed by atoms with van der Waals surface area (Å²) in [6.07, 6.45) is 4.85. The van der Waals surface area contributed by atoms with E-state index in [1.165, 1.54) is 6.42 Å². The monoisotopic (exact) mass is 549 g/mol. The van der Waals surface area contributed by atoms with Crippen LogP contribution in [0.25, 0.3) is 0 Å². The molecule has 2 aromatic carbocycles.